The highest BCUT2D eigenvalue weighted by Crippen LogP contribution is 2.16. The summed E-state index contributed by atoms with van der Waals surface area (Å²) in [5.41, 5.74) is 2.69. The molecule has 3 N–H and O–H groups in total. The van der Waals surface area contributed by atoms with E-state index < -0.39 is 0 Å². The third-order valence-corrected chi connectivity index (χ3v) is 5.12. The summed E-state index contributed by atoms with van der Waals surface area (Å²) in [6, 6.07) is 23.6. The van der Waals surface area contributed by atoms with Gasteiger partial charge >= 0.3 is 0 Å². The van der Waals surface area contributed by atoms with Crippen molar-refractivity contribution in [1.82, 2.24) is 5.32 Å². The molecule has 0 bridgehead atoms. The average Bonchev–Trinajstić information content (AvgIpc) is 2.80. The summed E-state index contributed by atoms with van der Waals surface area (Å²) in [5, 5.41) is 8.68. The van der Waals surface area contributed by atoms with Gasteiger partial charge in [0.15, 0.2) is 5.11 Å². The predicted molar refractivity (Wildman–Crippen MR) is 140 cm³/mol. The minimum atomic E-state index is -0.321. The van der Waals surface area contributed by atoms with Crippen LogP contribution in [0.4, 0.5) is 11.4 Å². The maximum absolute atomic E-state index is 12.5. The average molecular weight is 476 g/mol. The quantitative estimate of drug-likeness (QED) is 0.360. The van der Waals surface area contributed by atoms with Gasteiger partial charge in [0.2, 0.25) is 5.91 Å². The lowest BCUT2D eigenvalue weighted by Crippen LogP contribution is -2.34. The number of benzene rings is 3. The summed E-state index contributed by atoms with van der Waals surface area (Å²) >= 11 is 5.28. The highest BCUT2D eigenvalue weighted by atomic mass is 32.1. The minimum absolute atomic E-state index is 0.115. The Kier molecular flexibility index (Phi) is 9.17. The van der Waals surface area contributed by atoms with Gasteiger partial charge in [-0.05, 0) is 72.6 Å². The SMILES string of the molecule is CC(C)CCOc1ccc(C(=O)NC(=S)Nc2cccc(NC(=O)Cc3ccccc3)c2)cc1. The van der Waals surface area contributed by atoms with Gasteiger partial charge in [0.1, 0.15) is 5.75 Å². The number of carbonyl (C=O) groups excluding carboxylic acids is 2. The molecule has 0 spiro atoms. The summed E-state index contributed by atoms with van der Waals surface area (Å²) in [4.78, 5) is 24.8. The first kappa shape index (κ1) is 24.9. The van der Waals surface area contributed by atoms with E-state index in [0.717, 1.165) is 17.7 Å². The largest absolute Gasteiger partial charge is 0.494 e. The Bertz CT molecular complexity index is 1120. The van der Waals surface area contributed by atoms with Crippen LogP contribution in [0.5, 0.6) is 5.75 Å². The molecule has 3 rings (SSSR count). The number of ether oxygens (including phenoxy) is 1. The van der Waals surface area contributed by atoms with Crippen LogP contribution in [0.1, 0.15) is 36.2 Å². The first-order valence-corrected chi connectivity index (χ1v) is 11.6. The maximum Gasteiger partial charge on any atom is 0.257 e. The molecule has 0 heterocycles. The molecule has 3 aromatic rings. The Balaban J connectivity index is 1.49. The lowest BCUT2D eigenvalue weighted by Gasteiger charge is -2.12. The molecule has 6 nitrogen and oxygen atoms in total. The third kappa shape index (κ3) is 8.33. The first-order valence-electron chi connectivity index (χ1n) is 11.2. The fourth-order valence-electron chi connectivity index (χ4n) is 3.11. The van der Waals surface area contributed by atoms with Gasteiger partial charge in [-0.15, -0.1) is 0 Å². The fourth-order valence-corrected chi connectivity index (χ4v) is 3.32. The number of nitrogens with one attached hydrogen (secondary N) is 3. The molecular formula is C27H29N3O3S. The van der Waals surface area contributed by atoms with Crippen molar-refractivity contribution in [1.29, 1.82) is 0 Å². The van der Waals surface area contributed by atoms with E-state index in [-0.39, 0.29) is 23.3 Å². The number of carbonyl (C=O) groups is 2. The van der Waals surface area contributed by atoms with Gasteiger partial charge in [-0.3, -0.25) is 14.9 Å². The summed E-state index contributed by atoms with van der Waals surface area (Å²) in [7, 11) is 0. The minimum Gasteiger partial charge on any atom is -0.494 e. The zero-order valence-electron chi connectivity index (χ0n) is 19.3. The molecule has 0 aliphatic heterocycles. The predicted octanol–water partition coefficient (Wildman–Crippen LogP) is 5.42. The molecule has 0 aliphatic rings. The number of thiocarbonyl (C=S) groups is 1. The molecule has 0 saturated carbocycles. The lowest BCUT2D eigenvalue weighted by molar-refractivity contribution is -0.115. The van der Waals surface area contributed by atoms with Crippen molar-refractivity contribution in [2.24, 2.45) is 5.92 Å². The highest BCUT2D eigenvalue weighted by molar-refractivity contribution is 7.80. The van der Waals surface area contributed by atoms with Gasteiger partial charge < -0.3 is 15.4 Å². The summed E-state index contributed by atoms with van der Waals surface area (Å²) in [6.45, 7) is 4.93. The monoisotopic (exact) mass is 475 g/mol. The van der Waals surface area contributed by atoms with Crippen LogP contribution >= 0.6 is 12.2 Å². The third-order valence-electron chi connectivity index (χ3n) is 4.92. The molecule has 0 unspecified atom stereocenters. The second-order valence-corrected chi connectivity index (χ2v) is 8.66. The first-order chi connectivity index (χ1) is 16.4. The number of hydrogen-bond donors (Lipinski definition) is 3. The van der Waals surface area contributed by atoms with Crippen LogP contribution in [0.25, 0.3) is 0 Å². The number of rotatable bonds is 9. The topological polar surface area (TPSA) is 79.5 Å². The molecule has 0 fully saturated rings. The van der Waals surface area contributed by atoms with Crippen molar-refractivity contribution in [3.05, 3.63) is 90.0 Å². The summed E-state index contributed by atoms with van der Waals surface area (Å²) < 4.78 is 5.68. The standard InChI is InChI=1S/C27H29N3O3S/c1-19(2)15-16-33-24-13-11-21(12-14-24)26(32)30-27(34)29-23-10-6-9-22(18-23)28-25(31)17-20-7-4-3-5-8-20/h3-14,18-19H,15-17H2,1-2H3,(H,28,31)(H2,29,30,32,34). The number of anilines is 2. The Morgan fingerprint density at radius 1 is 0.882 bits per heavy atom. The molecule has 7 heteroatoms. The van der Waals surface area contributed by atoms with E-state index in [1.807, 2.05) is 30.3 Å². The van der Waals surface area contributed by atoms with Crippen LogP contribution in [0.15, 0.2) is 78.9 Å². The number of amides is 2. The molecule has 176 valence electrons. The van der Waals surface area contributed by atoms with Crippen molar-refractivity contribution in [2.75, 3.05) is 17.2 Å². The molecule has 34 heavy (non-hydrogen) atoms. The summed E-state index contributed by atoms with van der Waals surface area (Å²) in [6.07, 6.45) is 1.26. The van der Waals surface area contributed by atoms with Gasteiger partial charge in [0, 0.05) is 16.9 Å². The Morgan fingerprint density at radius 3 is 2.24 bits per heavy atom. The molecule has 2 amide bonds. The van der Waals surface area contributed by atoms with E-state index in [9.17, 15) is 9.59 Å². The molecule has 0 aromatic heterocycles. The van der Waals surface area contributed by atoms with Gasteiger partial charge in [-0.1, -0.05) is 50.2 Å². The van der Waals surface area contributed by atoms with E-state index in [1.54, 1.807) is 48.5 Å². The lowest BCUT2D eigenvalue weighted by atomic mass is 10.1. The van der Waals surface area contributed by atoms with Crippen LogP contribution < -0.4 is 20.7 Å². The fraction of sp³-hybridized carbons (Fsp3) is 0.222. The van der Waals surface area contributed by atoms with E-state index in [4.69, 9.17) is 17.0 Å². The van der Waals surface area contributed by atoms with Gasteiger partial charge in [0.05, 0.1) is 13.0 Å². The molecule has 0 atom stereocenters. The zero-order valence-corrected chi connectivity index (χ0v) is 20.2. The Morgan fingerprint density at radius 2 is 1.56 bits per heavy atom. The van der Waals surface area contributed by atoms with E-state index in [0.29, 0.717) is 29.5 Å². The van der Waals surface area contributed by atoms with Crippen molar-refractivity contribution in [2.45, 2.75) is 26.7 Å². The smallest absolute Gasteiger partial charge is 0.257 e. The van der Waals surface area contributed by atoms with E-state index in [1.165, 1.54) is 0 Å². The summed E-state index contributed by atoms with van der Waals surface area (Å²) in [5.74, 6) is 0.864. The van der Waals surface area contributed by atoms with E-state index >= 15 is 0 Å². The van der Waals surface area contributed by atoms with Crippen LogP contribution in [-0.4, -0.2) is 23.5 Å². The molecule has 0 saturated heterocycles. The van der Waals surface area contributed by atoms with Crippen LogP contribution in [0.2, 0.25) is 0 Å². The van der Waals surface area contributed by atoms with Gasteiger partial charge in [-0.25, -0.2) is 0 Å². The second kappa shape index (κ2) is 12.5. The van der Waals surface area contributed by atoms with Crippen molar-refractivity contribution in [3.8, 4) is 5.75 Å². The molecule has 0 radical (unpaired) electrons. The molecule has 0 aliphatic carbocycles. The van der Waals surface area contributed by atoms with E-state index in [2.05, 4.69) is 29.8 Å². The normalized spacial score (nSPS) is 10.4. The molecule has 3 aromatic carbocycles. The zero-order chi connectivity index (χ0) is 24.3. The van der Waals surface area contributed by atoms with Crippen LogP contribution in [0, 0.1) is 5.92 Å². The highest BCUT2D eigenvalue weighted by Gasteiger charge is 2.10. The Labute approximate surface area is 205 Å². The molecular weight excluding hydrogens is 446 g/mol. The van der Waals surface area contributed by atoms with Crippen molar-refractivity contribution in [3.63, 3.8) is 0 Å². The van der Waals surface area contributed by atoms with Crippen molar-refractivity contribution < 1.29 is 14.3 Å². The van der Waals surface area contributed by atoms with Crippen LogP contribution in [0.3, 0.4) is 0 Å². The van der Waals surface area contributed by atoms with Gasteiger partial charge in [-0.2, -0.15) is 0 Å². The Hall–Kier alpha value is -3.71. The maximum atomic E-state index is 12.5. The van der Waals surface area contributed by atoms with Gasteiger partial charge in [0.25, 0.3) is 5.91 Å². The van der Waals surface area contributed by atoms with Crippen molar-refractivity contribution >= 4 is 40.5 Å². The van der Waals surface area contributed by atoms with Crippen LogP contribution in [-0.2, 0) is 11.2 Å². The number of hydrogen-bond acceptors (Lipinski definition) is 4. The second-order valence-electron chi connectivity index (χ2n) is 8.25.